The molecule has 2 fully saturated rings. The summed E-state index contributed by atoms with van der Waals surface area (Å²) in [5.41, 5.74) is 1.70. The highest BCUT2D eigenvalue weighted by atomic mass is 16.2. The number of fused-ring (bicyclic) bond motifs is 1. The van der Waals surface area contributed by atoms with Crippen molar-refractivity contribution >= 4 is 11.9 Å². The van der Waals surface area contributed by atoms with Crippen LogP contribution in [0.5, 0.6) is 0 Å². The van der Waals surface area contributed by atoms with Gasteiger partial charge in [0.15, 0.2) is 0 Å². The van der Waals surface area contributed by atoms with Crippen LogP contribution in [0.25, 0.3) is 0 Å². The van der Waals surface area contributed by atoms with E-state index < -0.39 is 0 Å². The molecule has 0 unspecified atom stereocenters. The average Bonchev–Trinajstić information content (AvgIpc) is 2.80. The Labute approximate surface area is 124 Å². The van der Waals surface area contributed by atoms with E-state index >= 15 is 0 Å². The molecular weight excluding hydrogens is 268 g/mol. The first-order valence-corrected chi connectivity index (χ1v) is 7.37. The third-order valence-corrected chi connectivity index (χ3v) is 4.51. The van der Waals surface area contributed by atoms with Gasteiger partial charge in [-0.2, -0.15) is 0 Å². The Morgan fingerprint density at radius 3 is 3.10 bits per heavy atom. The summed E-state index contributed by atoms with van der Waals surface area (Å²) in [6.45, 7) is 3.28. The fraction of sp³-hybridized carbons (Fsp3) is 0.533. The molecule has 2 aliphatic rings. The predicted octanol–water partition coefficient (Wildman–Crippen LogP) is 0.882. The highest BCUT2D eigenvalue weighted by Crippen LogP contribution is 2.23. The van der Waals surface area contributed by atoms with Gasteiger partial charge in [0.05, 0.1) is 12.1 Å². The molecule has 0 aromatic carbocycles. The van der Waals surface area contributed by atoms with Crippen molar-refractivity contribution in [3.8, 4) is 0 Å². The minimum absolute atomic E-state index is 0.0344. The molecule has 0 bridgehead atoms. The van der Waals surface area contributed by atoms with Gasteiger partial charge in [0.2, 0.25) is 0 Å². The minimum Gasteiger partial charge on any atom is -0.336 e. The Kier molecular flexibility index (Phi) is 3.53. The molecule has 6 nitrogen and oxygen atoms in total. The summed E-state index contributed by atoms with van der Waals surface area (Å²) >= 11 is 0. The van der Waals surface area contributed by atoms with Gasteiger partial charge in [-0.25, -0.2) is 4.79 Å². The number of likely N-dealkylation sites (N-methyl/N-ethyl adjacent to an activating group) is 1. The van der Waals surface area contributed by atoms with Gasteiger partial charge in [-0.05, 0) is 24.5 Å². The lowest BCUT2D eigenvalue weighted by atomic mass is 9.98. The van der Waals surface area contributed by atoms with Gasteiger partial charge >= 0.3 is 6.03 Å². The second kappa shape index (κ2) is 5.35. The number of hydrogen-bond acceptors (Lipinski definition) is 3. The Hall–Kier alpha value is -2.11. The second-order valence-corrected chi connectivity index (χ2v) is 5.66. The van der Waals surface area contributed by atoms with Crippen LogP contribution in [0.2, 0.25) is 0 Å². The molecule has 3 heterocycles. The number of nitrogens with zero attached hydrogens (tertiary/aromatic N) is 3. The number of carbonyl (C=O) groups excluding carboxylic acids is 2. The van der Waals surface area contributed by atoms with Crippen LogP contribution in [0.1, 0.15) is 29.3 Å². The zero-order chi connectivity index (χ0) is 15.0. The van der Waals surface area contributed by atoms with Gasteiger partial charge in [-0.1, -0.05) is 6.92 Å². The Bertz CT molecular complexity index is 575. The molecule has 1 aromatic heterocycles. The maximum atomic E-state index is 12.7. The number of piperidine rings is 1. The van der Waals surface area contributed by atoms with Crippen LogP contribution >= 0.6 is 0 Å². The second-order valence-electron chi connectivity index (χ2n) is 5.66. The maximum Gasteiger partial charge on any atom is 0.317 e. The minimum atomic E-state index is -0.0440. The molecule has 0 radical (unpaired) electrons. The van der Waals surface area contributed by atoms with Gasteiger partial charge in [0, 0.05) is 38.1 Å². The molecule has 2 saturated heterocycles. The quantitative estimate of drug-likeness (QED) is 0.878. The standard InChI is InChI=1S/C15H20N4O2/c1-3-10-8-16-6-4-11(10)14(20)19-7-5-13-12(9-19)17-15(21)18(13)2/h4,6,8,12-13H,3,5,7,9H2,1-2H3,(H,17,21)/t12-,13+/m1/s1. The van der Waals surface area contributed by atoms with E-state index in [2.05, 4.69) is 10.3 Å². The van der Waals surface area contributed by atoms with Crippen molar-refractivity contribution in [2.24, 2.45) is 0 Å². The number of likely N-dealkylation sites (tertiary alicyclic amines) is 1. The maximum absolute atomic E-state index is 12.7. The number of carbonyl (C=O) groups is 2. The van der Waals surface area contributed by atoms with E-state index in [0.717, 1.165) is 24.0 Å². The van der Waals surface area contributed by atoms with E-state index in [9.17, 15) is 9.59 Å². The molecule has 0 spiro atoms. The van der Waals surface area contributed by atoms with Crippen LogP contribution in [0.3, 0.4) is 0 Å². The lowest BCUT2D eigenvalue weighted by Gasteiger charge is -2.36. The summed E-state index contributed by atoms with van der Waals surface area (Å²) in [5, 5.41) is 2.95. The largest absolute Gasteiger partial charge is 0.336 e. The smallest absolute Gasteiger partial charge is 0.317 e. The lowest BCUT2D eigenvalue weighted by molar-refractivity contribution is 0.0665. The third kappa shape index (κ3) is 2.34. The molecule has 2 atom stereocenters. The Balaban J connectivity index is 1.77. The van der Waals surface area contributed by atoms with Crippen molar-refractivity contribution in [2.75, 3.05) is 20.1 Å². The topological polar surface area (TPSA) is 65.5 Å². The van der Waals surface area contributed by atoms with Gasteiger partial charge in [-0.15, -0.1) is 0 Å². The molecule has 21 heavy (non-hydrogen) atoms. The van der Waals surface area contributed by atoms with Gasteiger partial charge in [0.25, 0.3) is 5.91 Å². The molecule has 6 heteroatoms. The van der Waals surface area contributed by atoms with Crippen LogP contribution in [0.4, 0.5) is 4.79 Å². The monoisotopic (exact) mass is 288 g/mol. The summed E-state index contributed by atoms with van der Waals surface area (Å²) < 4.78 is 0. The van der Waals surface area contributed by atoms with Crippen LogP contribution in [-0.2, 0) is 6.42 Å². The molecular formula is C15H20N4O2. The van der Waals surface area contributed by atoms with E-state index in [-0.39, 0.29) is 24.0 Å². The van der Waals surface area contributed by atoms with Crippen molar-refractivity contribution in [3.05, 3.63) is 29.6 Å². The summed E-state index contributed by atoms with van der Waals surface area (Å²) in [5.74, 6) is 0.0384. The molecule has 3 amide bonds. The molecule has 3 rings (SSSR count). The molecule has 1 aromatic rings. The zero-order valence-electron chi connectivity index (χ0n) is 12.4. The lowest BCUT2D eigenvalue weighted by Crippen LogP contribution is -2.52. The third-order valence-electron chi connectivity index (χ3n) is 4.51. The normalized spacial score (nSPS) is 24.8. The number of pyridine rings is 1. The molecule has 0 aliphatic carbocycles. The van der Waals surface area contributed by atoms with Gasteiger partial charge in [0.1, 0.15) is 0 Å². The van der Waals surface area contributed by atoms with E-state index in [1.54, 1.807) is 23.4 Å². The number of aromatic nitrogens is 1. The first-order valence-electron chi connectivity index (χ1n) is 7.37. The molecule has 2 aliphatic heterocycles. The van der Waals surface area contributed by atoms with Crippen molar-refractivity contribution in [1.29, 1.82) is 0 Å². The number of nitrogens with one attached hydrogen (secondary N) is 1. The fourth-order valence-electron chi connectivity index (χ4n) is 3.23. The fourth-order valence-corrected chi connectivity index (χ4v) is 3.23. The summed E-state index contributed by atoms with van der Waals surface area (Å²) in [7, 11) is 1.82. The predicted molar refractivity (Wildman–Crippen MR) is 78.0 cm³/mol. The number of aryl methyl sites for hydroxylation is 1. The average molecular weight is 288 g/mol. The zero-order valence-corrected chi connectivity index (χ0v) is 12.4. The van der Waals surface area contributed by atoms with E-state index in [1.807, 2.05) is 18.9 Å². The van der Waals surface area contributed by atoms with E-state index in [0.29, 0.717) is 13.1 Å². The van der Waals surface area contributed by atoms with Crippen molar-refractivity contribution < 1.29 is 9.59 Å². The number of rotatable bonds is 2. The van der Waals surface area contributed by atoms with E-state index in [4.69, 9.17) is 0 Å². The Morgan fingerprint density at radius 2 is 2.33 bits per heavy atom. The SMILES string of the molecule is CCc1cnccc1C(=O)N1CC[C@H]2[C@@H](C1)NC(=O)N2C. The highest BCUT2D eigenvalue weighted by molar-refractivity contribution is 5.95. The van der Waals surface area contributed by atoms with Crippen LogP contribution in [-0.4, -0.2) is 58.9 Å². The Morgan fingerprint density at radius 1 is 1.52 bits per heavy atom. The first kappa shape index (κ1) is 13.9. The molecule has 1 N–H and O–H groups in total. The van der Waals surface area contributed by atoms with E-state index in [1.165, 1.54) is 0 Å². The van der Waals surface area contributed by atoms with Gasteiger partial charge < -0.3 is 15.1 Å². The number of amides is 3. The van der Waals surface area contributed by atoms with Crippen LogP contribution in [0, 0.1) is 0 Å². The summed E-state index contributed by atoms with van der Waals surface area (Å²) in [6.07, 6.45) is 5.02. The first-order chi connectivity index (χ1) is 10.1. The van der Waals surface area contributed by atoms with Crippen molar-refractivity contribution in [3.63, 3.8) is 0 Å². The molecule has 112 valence electrons. The van der Waals surface area contributed by atoms with Crippen LogP contribution in [0.15, 0.2) is 18.5 Å². The van der Waals surface area contributed by atoms with Crippen LogP contribution < -0.4 is 5.32 Å². The van der Waals surface area contributed by atoms with Crippen molar-refractivity contribution in [1.82, 2.24) is 20.1 Å². The number of urea groups is 1. The highest BCUT2D eigenvalue weighted by Gasteiger charge is 2.41. The summed E-state index contributed by atoms with van der Waals surface area (Å²) in [6, 6.07) is 1.97. The van der Waals surface area contributed by atoms with Gasteiger partial charge in [-0.3, -0.25) is 9.78 Å². The summed E-state index contributed by atoms with van der Waals surface area (Å²) in [4.78, 5) is 32.1. The molecule has 0 saturated carbocycles. The number of hydrogen-bond donors (Lipinski definition) is 1. The van der Waals surface area contributed by atoms with Crippen molar-refractivity contribution in [2.45, 2.75) is 31.8 Å².